The smallest absolute Gasteiger partial charge is 0.0702 e. The molecule has 114 valence electrons. The molecule has 0 N–H and O–H groups in total. The van der Waals surface area contributed by atoms with Crippen LogP contribution in [0.25, 0.3) is 11.3 Å². The highest BCUT2D eigenvalue weighted by Crippen LogP contribution is 2.36. The van der Waals surface area contributed by atoms with Gasteiger partial charge in [-0.25, -0.2) is 0 Å². The minimum absolute atomic E-state index is 0.674. The van der Waals surface area contributed by atoms with Gasteiger partial charge in [0.25, 0.3) is 0 Å². The molecule has 0 unspecified atom stereocenters. The fraction of sp³-hybridized carbons (Fsp3) is 0.350. The number of hydrogen-bond donors (Lipinski definition) is 0. The van der Waals surface area contributed by atoms with Crippen LogP contribution >= 0.6 is 11.6 Å². The minimum atomic E-state index is 0.674. The zero-order chi connectivity index (χ0) is 15.4. The molecule has 0 atom stereocenters. The van der Waals surface area contributed by atoms with Gasteiger partial charge in [-0.05, 0) is 68.2 Å². The summed E-state index contributed by atoms with van der Waals surface area (Å²) in [6.07, 6.45) is 11.8. The molecule has 1 heterocycles. The summed E-state index contributed by atoms with van der Waals surface area (Å²) in [4.78, 5) is 4.65. The van der Waals surface area contributed by atoms with Crippen molar-refractivity contribution in [2.24, 2.45) is 5.92 Å². The number of hydrogen-bond acceptors (Lipinski definition) is 1. The summed E-state index contributed by atoms with van der Waals surface area (Å²) in [5.74, 6) is 1.45. The van der Waals surface area contributed by atoms with Crippen molar-refractivity contribution < 1.29 is 0 Å². The zero-order valence-electron chi connectivity index (χ0n) is 13.0. The molecule has 0 aliphatic heterocycles. The maximum atomic E-state index is 5.93. The molecule has 0 saturated heterocycles. The number of halogens is 1. The maximum absolute atomic E-state index is 5.93. The van der Waals surface area contributed by atoms with Crippen LogP contribution in [0.4, 0.5) is 0 Å². The van der Waals surface area contributed by atoms with Gasteiger partial charge in [0.05, 0.1) is 5.69 Å². The summed E-state index contributed by atoms with van der Waals surface area (Å²) in [5.41, 5.74) is 3.52. The summed E-state index contributed by atoms with van der Waals surface area (Å²) < 4.78 is 0. The van der Waals surface area contributed by atoms with Gasteiger partial charge in [-0.15, -0.1) is 0 Å². The topological polar surface area (TPSA) is 12.9 Å². The monoisotopic (exact) mass is 311 g/mol. The Morgan fingerprint density at radius 2 is 1.73 bits per heavy atom. The van der Waals surface area contributed by atoms with E-state index in [1.807, 2.05) is 24.3 Å². The van der Waals surface area contributed by atoms with E-state index in [2.05, 4.69) is 42.4 Å². The zero-order valence-corrected chi connectivity index (χ0v) is 13.8. The van der Waals surface area contributed by atoms with Crippen molar-refractivity contribution in [2.45, 2.75) is 38.5 Å². The predicted molar refractivity (Wildman–Crippen MR) is 94.2 cm³/mol. The first-order valence-electron chi connectivity index (χ1n) is 8.11. The summed E-state index contributed by atoms with van der Waals surface area (Å²) in [7, 11) is 0. The lowest BCUT2D eigenvalue weighted by molar-refractivity contribution is 0.375. The molecule has 0 spiro atoms. The molecule has 22 heavy (non-hydrogen) atoms. The Kier molecular flexibility index (Phi) is 4.94. The van der Waals surface area contributed by atoms with Crippen molar-refractivity contribution in [1.82, 2.24) is 4.98 Å². The molecule has 2 heteroatoms. The van der Waals surface area contributed by atoms with E-state index in [4.69, 9.17) is 11.6 Å². The average molecular weight is 312 g/mol. The van der Waals surface area contributed by atoms with Gasteiger partial charge in [0, 0.05) is 16.8 Å². The molecular formula is C20H22ClN. The van der Waals surface area contributed by atoms with Crippen LogP contribution in [-0.2, 0) is 0 Å². The second kappa shape index (κ2) is 7.11. The summed E-state index contributed by atoms with van der Waals surface area (Å²) in [6, 6.07) is 12.2. The van der Waals surface area contributed by atoms with Crippen LogP contribution in [0.1, 0.15) is 44.1 Å². The van der Waals surface area contributed by atoms with E-state index in [0.717, 1.165) is 22.2 Å². The van der Waals surface area contributed by atoms with Gasteiger partial charge in [0.2, 0.25) is 0 Å². The third-order valence-corrected chi connectivity index (χ3v) is 4.89. The highest BCUT2D eigenvalue weighted by molar-refractivity contribution is 6.30. The third-order valence-electron chi connectivity index (χ3n) is 4.63. The van der Waals surface area contributed by atoms with Crippen LogP contribution in [0.3, 0.4) is 0 Å². The van der Waals surface area contributed by atoms with Crippen molar-refractivity contribution >= 4 is 11.6 Å². The van der Waals surface area contributed by atoms with Crippen LogP contribution in [-0.4, -0.2) is 4.98 Å². The lowest BCUT2D eigenvalue weighted by atomic mass is 9.79. The molecule has 1 aliphatic rings. The van der Waals surface area contributed by atoms with E-state index >= 15 is 0 Å². The number of pyridine rings is 1. The second-order valence-electron chi connectivity index (χ2n) is 6.12. The number of rotatable bonds is 3. The molecule has 1 aliphatic carbocycles. The Labute approximate surface area is 138 Å². The molecule has 1 fully saturated rings. The lowest BCUT2D eigenvalue weighted by Gasteiger charge is -2.26. The van der Waals surface area contributed by atoms with Gasteiger partial charge in [-0.2, -0.15) is 0 Å². The van der Waals surface area contributed by atoms with E-state index in [1.165, 1.54) is 31.2 Å². The van der Waals surface area contributed by atoms with Gasteiger partial charge < -0.3 is 0 Å². The van der Waals surface area contributed by atoms with E-state index in [-0.39, 0.29) is 0 Å². The molecule has 3 rings (SSSR count). The summed E-state index contributed by atoms with van der Waals surface area (Å²) in [6.45, 7) is 2.12. The molecule has 1 aromatic carbocycles. The molecule has 2 aromatic rings. The first-order chi connectivity index (χ1) is 10.8. The van der Waals surface area contributed by atoms with E-state index in [9.17, 15) is 0 Å². The largest absolute Gasteiger partial charge is 0.256 e. The first kappa shape index (κ1) is 15.3. The van der Waals surface area contributed by atoms with E-state index < -0.39 is 0 Å². The predicted octanol–water partition coefficient (Wildman–Crippen LogP) is 6.25. The first-order valence-corrected chi connectivity index (χ1v) is 8.49. The minimum Gasteiger partial charge on any atom is -0.256 e. The molecule has 0 amide bonds. The highest BCUT2D eigenvalue weighted by atomic mass is 35.5. The molecule has 0 radical (unpaired) electrons. The quantitative estimate of drug-likeness (QED) is 0.610. The van der Waals surface area contributed by atoms with Gasteiger partial charge in [0.15, 0.2) is 0 Å². The Bertz CT molecular complexity index is 620. The standard InChI is InChI=1S/C20H22ClN/c1-2-3-15-4-6-16(7-5-15)18-10-13-20(22-14-18)17-8-11-19(21)12-9-17/h2-3,8-16H,4-7H2,1H3/t15-,16-. The number of allylic oxidation sites excluding steroid dienone is 2. The van der Waals surface area contributed by atoms with E-state index in [1.54, 1.807) is 0 Å². The molecule has 1 nitrogen and oxygen atoms in total. The lowest BCUT2D eigenvalue weighted by Crippen LogP contribution is -2.11. The Morgan fingerprint density at radius 3 is 2.32 bits per heavy atom. The Hall–Kier alpha value is -1.60. The van der Waals surface area contributed by atoms with Gasteiger partial charge in [-0.3, -0.25) is 4.98 Å². The number of aromatic nitrogens is 1. The molecule has 1 saturated carbocycles. The fourth-order valence-corrected chi connectivity index (χ4v) is 3.48. The fourth-order valence-electron chi connectivity index (χ4n) is 3.36. The van der Waals surface area contributed by atoms with Gasteiger partial charge in [-0.1, -0.05) is 42.0 Å². The Morgan fingerprint density at radius 1 is 1.00 bits per heavy atom. The van der Waals surface area contributed by atoms with Crippen LogP contribution in [0, 0.1) is 5.92 Å². The summed E-state index contributed by atoms with van der Waals surface area (Å²) in [5, 5.41) is 0.762. The molecule has 0 bridgehead atoms. The second-order valence-corrected chi connectivity index (χ2v) is 6.56. The number of benzene rings is 1. The van der Waals surface area contributed by atoms with Crippen LogP contribution in [0.5, 0.6) is 0 Å². The highest BCUT2D eigenvalue weighted by Gasteiger charge is 2.20. The molecule has 1 aromatic heterocycles. The van der Waals surface area contributed by atoms with Crippen molar-refractivity contribution in [1.29, 1.82) is 0 Å². The Balaban J connectivity index is 1.68. The van der Waals surface area contributed by atoms with Crippen molar-refractivity contribution in [3.05, 3.63) is 65.3 Å². The number of nitrogens with zero attached hydrogens (tertiary/aromatic N) is 1. The normalized spacial score (nSPS) is 22.1. The summed E-state index contributed by atoms with van der Waals surface area (Å²) >= 11 is 5.93. The van der Waals surface area contributed by atoms with Crippen molar-refractivity contribution in [3.8, 4) is 11.3 Å². The van der Waals surface area contributed by atoms with Crippen molar-refractivity contribution in [2.75, 3.05) is 0 Å². The maximum Gasteiger partial charge on any atom is 0.0702 e. The van der Waals surface area contributed by atoms with Crippen LogP contribution in [0.2, 0.25) is 5.02 Å². The van der Waals surface area contributed by atoms with Crippen molar-refractivity contribution in [3.63, 3.8) is 0 Å². The average Bonchev–Trinajstić information content (AvgIpc) is 2.57. The van der Waals surface area contributed by atoms with Crippen LogP contribution < -0.4 is 0 Å². The van der Waals surface area contributed by atoms with Gasteiger partial charge in [0.1, 0.15) is 0 Å². The van der Waals surface area contributed by atoms with E-state index in [0.29, 0.717) is 5.92 Å². The third kappa shape index (κ3) is 3.59. The SMILES string of the molecule is CC=C[C@H]1CC[C@H](c2ccc(-c3ccc(Cl)cc3)nc2)CC1. The molecular weight excluding hydrogens is 290 g/mol. The van der Waals surface area contributed by atoms with Gasteiger partial charge >= 0.3 is 0 Å². The van der Waals surface area contributed by atoms with Crippen LogP contribution in [0.15, 0.2) is 54.7 Å².